The summed E-state index contributed by atoms with van der Waals surface area (Å²) in [4.78, 5) is 12.3. The largest absolute Gasteiger partial charge is 0.394 e. The first-order valence-corrected chi connectivity index (χ1v) is 18.2. The summed E-state index contributed by atoms with van der Waals surface area (Å²) >= 11 is 0. The van der Waals surface area contributed by atoms with Crippen molar-refractivity contribution in [2.75, 3.05) is 6.61 Å². The average Bonchev–Trinajstić information content (AvgIpc) is 2.99. The van der Waals surface area contributed by atoms with Gasteiger partial charge in [0.2, 0.25) is 5.91 Å². The molecule has 4 heteroatoms. The van der Waals surface area contributed by atoms with E-state index in [9.17, 15) is 15.0 Å². The summed E-state index contributed by atoms with van der Waals surface area (Å²) in [5, 5.41) is 22.8. The van der Waals surface area contributed by atoms with Crippen LogP contribution in [-0.4, -0.2) is 34.9 Å². The zero-order valence-electron chi connectivity index (χ0n) is 28.0. The van der Waals surface area contributed by atoms with Gasteiger partial charge in [-0.25, -0.2) is 0 Å². The number of hydrogen-bond donors (Lipinski definition) is 3. The van der Waals surface area contributed by atoms with Crippen LogP contribution in [0.25, 0.3) is 0 Å². The fourth-order valence-corrected chi connectivity index (χ4v) is 5.27. The smallest absolute Gasteiger partial charge is 0.220 e. The number of hydrogen-bond acceptors (Lipinski definition) is 3. The minimum absolute atomic E-state index is 0.0802. The Labute approximate surface area is 261 Å². The van der Waals surface area contributed by atoms with Crippen LogP contribution in [0.4, 0.5) is 0 Å². The Morgan fingerprint density at radius 1 is 0.548 bits per heavy atom. The van der Waals surface area contributed by atoms with Gasteiger partial charge < -0.3 is 15.5 Å². The molecular weight excluding hydrogens is 518 g/mol. The average molecular weight is 590 g/mol. The zero-order valence-corrected chi connectivity index (χ0v) is 28.0. The van der Waals surface area contributed by atoms with Gasteiger partial charge in [0, 0.05) is 6.42 Å². The highest BCUT2D eigenvalue weighted by Gasteiger charge is 2.17. The van der Waals surface area contributed by atoms with E-state index in [1.54, 1.807) is 6.08 Å². The molecule has 3 N–H and O–H groups in total. The predicted molar refractivity (Wildman–Crippen MR) is 184 cm³/mol. The molecule has 0 fully saturated rings. The van der Waals surface area contributed by atoms with Crippen molar-refractivity contribution in [3.8, 4) is 0 Å². The van der Waals surface area contributed by atoms with Gasteiger partial charge in [-0.3, -0.25) is 4.79 Å². The van der Waals surface area contributed by atoms with Crippen LogP contribution < -0.4 is 5.32 Å². The molecule has 0 heterocycles. The molecule has 0 saturated carbocycles. The summed E-state index contributed by atoms with van der Waals surface area (Å²) in [7, 11) is 0. The highest BCUT2D eigenvalue weighted by atomic mass is 16.3. The number of rotatable bonds is 32. The summed E-state index contributed by atoms with van der Waals surface area (Å²) in [6.45, 7) is 4.27. The molecule has 0 aliphatic rings. The first-order valence-electron chi connectivity index (χ1n) is 18.2. The molecule has 0 aliphatic heterocycles. The van der Waals surface area contributed by atoms with Crippen molar-refractivity contribution in [1.29, 1.82) is 0 Å². The molecule has 2 atom stereocenters. The molecule has 0 aromatic heterocycles. The minimum Gasteiger partial charge on any atom is -0.394 e. The molecule has 0 saturated heterocycles. The van der Waals surface area contributed by atoms with E-state index < -0.39 is 12.1 Å². The van der Waals surface area contributed by atoms with Crippen molar-refractivity contribution in [1.82, 2.24) is 5.32 Å². The maximum absolute atomic E-state index is 12.3. The summed E-state index contributed by atoms with van der Waals surface area (Å²) in [6.07, 6.45) is 43.7. The number of amides is 1. The highest BCUT2D eigenvalue weighted by Crippen LogP contribution is 2.13. The van der Waals surface area contributed by atoms with Gasteiger partial charge in [0.05, 0.1) is 18.8 Å². The van der Waals surface area contributed by atoms with E-state index in [4.69, 9.17) is 0 Å². The van der Waals surface area contributed by atoms with Crippen LogP contribution in [0.1, 0.15) is 181 Å². The van der Waals surface area contributed by atoms with Gasteiger partial charge in [-0.15, -0.1) is 0 Å². The molecule has 0 radical (unpaired) electrons. The van der Waals surface area contributed by atoms with Gasteiger partial charge in [0.15, 0.2) is 0 Å². The molecule has 2 unspecified atom stereocenters. The Hall–Kier alpha value is -1.39. The Kier molecular flexibility index (Phi) is 33.0. The number of carbonyl (C=O) groups is 1. The quantitative estimate of drug-likeness (QED) is 0.0540. The van der Waals surface area contributed by atoms with Crippen LogP contribution in [0.5, 0.6) is 0 Å². The number of nitrogens with one attached hydrogen (secondary N) is 1. The highest BCUT2D eigenvalue weighted by molar-refractivity contribution is 5.76. The van der Waals surface area contributed by atoms with Gasteiger partial charge in [-0.05, 0) is 44.9 Å². The molecule has 0 aliphatic carbocycles. The number of carbonyl (C=O) groups excluding carboxylic acids is 1. The van der Waals surface area contributed by atoms with Gasteiger partial charge in [-0.1, -0.05) is 166 Å². The summed E-state index contributed by atoms with van der Waals surface area (Å²) < 4.78 is 0. The SMILES string of the molecule is CCCCCCCCCC/C=C/CC/C=C/CC/C=C/C(O)C(CO)NC(=O)CCCCCCCCCCCCCC. The van der Waals surface area contributed by atoms with Gasteiger partial charge in [0.1, 0.15) is 0 Å². The summed E-state index contributed by atoms with van der Waals surface area (Å²) in [5.74, 6) is -0.0802. The second-order valence-corrected chi connectivity index (χ2v) is 12.3. The van der Waals surface area contributed by atoms with Crippen LogP contribution in [-0.2, 0) is 4.79 Å². The van der Waals surface area contributed by atoms with E-state index in [1.165, 1.54) is 122 Å². The fourth-order valence-electron chi connectivity index (χ4n) is 5.27. The molecule has 246 valence electrons. The first kappa shape index (κ1) is 40.6. The van der Waals surface area contributed by atoms with Crippen molar-refractivity contribution >= 4 is 5.91 Å². The van der Waals surface area contributed by atoms with E-state index in [1.807, 2.05) is 6.08 Å². The third-order valence-corrected chi connectivity index (χ3v) is 8.10. The van der Waals surface area contributed by atoms with Crippen molar-refractivity contribution in [2.24, 2.45) is 0 Å². The molecule has 0 spiro atoms. The van der Waals surface area contributed by atoms with E-state index in [0.29, 0.717) is 6.42 Å². The molecule has 0 bridgehead atoms. The van der Waals surface area contributed by atoms with E-state index in [0.717, 1.165) is 38.5 Å². The van der Waals surface area contributed by atoms with Gasteiger partial charge in [0.25, 0.3) is 0 Å². The number of aliphatic hydroxyl groups excluding tert-OH is 2. The Morgan fingerprint density at radius 3 is 1.38 bits per heavy atom. The Morgan fingerprint density at radius 2 is 0.929 bits per heavy atom. The number of aliphatic hydroxyl groups is 2. The van der Waals surface area contributed by atoms with Crippen molar-refractivity contribution < 1.29 is 15.0 Å². The van der Waals surface area contributed by atoms with Gasteiger partial charge in [-0.2, -0.15) is 0 Å². The lowest BCUT2D eigenvalue weighted by molar-refractivity contribution is -0.123. The molecular formula is C38H71NO3. The molecule has 4 nitrogen and oxygen atoms in total. The lowest BCUT2D eigenvalue weighted by atomic mass is 10.0. The second kappa shape index (κ2) is 34.1. The van der Waals surface area contributed by atoms with Crippen molar-refractivity contribution in [2.45, 2.75) is 193 Å². The van der Waals surface area contributed by atoms with Crippen molar-refractivity contribution in [3.63, 3.8) is 0 Å². The third-order valence-electron chi connectivity index (χ3n) is 8.10. The van der Waals surface area contributed by atoms with Crippen LogP contribution in [0.15, 0.2) is 36.5 Å². The summed E-state index contributed by atoms with van der Waals surface area (Å²) in [6, 6.07) is -0.640. The molecule has 0 aromatic carbocycles. The summed E-state index contributed by atoms with van der Waals surface area (Å²) in [5.41, 5.74) is 0. The van der Waals surface area contributed by atoms with Gasteiger partial charge >= 0.3 is 0 Å². The van der Waals surface area contributed by atoms with Crippen LogP contribution in [0.2, 0.25) is 0 Å². The molecule has 42 heavy (non-hydrogen) atoms. The normalized spacial score (nSPS) is 13.5. The van der Waals surface area contributed by atoms with E-state index >= 15 is 0 Å². The number of allylic oxidation sites excluding steroid dienone is 5. The number of unbranched alkanes of at least 4 members (excludes halogenated alkanes) is 21. The Balaban J connectivity index is 3.71. The van der Waals surface area contributed by atoms with Crippen molar-refractivity contribution in [3.05, 3.63) is 36.5 Å². The monoisotopic (exact) mass is 590 g/mol. The first-order chi connectivity index (χ1) is 20.7. The Bertz CT molecular complexity index is 642. The molecule has 0 rings (SSSR count). The molecule has 0 aromatic rings. The lowest BCUT2D eigenvalue weighted by Gasteiger charge is -2.19. The minimum atomic E-state index is -0.865. The second-order valence-electron chi connectivity index (χ2n) is 12.3. The fraction of sp³-hybridized carbons (Fsp3) is 0.816. The maximum Gasteiger partial charge on any atom is 0.220 e. The van der Waals surface area contributed by atoms with E-state index in [2.05, 4.69) is 43.5 Å². The standard InChI is InChI=1S/C38H71NO3/c1-3-5-7-9-11-13-15-17-18-19-20-21-22-23-25-27-29-31-33-37(41)36(35-40)39-38(42)34-32-30-28-26-24-16-14-12-10-8-6-4-2/h19-20,23,25,31,33,36-37,40-41H,3-18,21-22,24,26-30,32,34-35H2,1-2H3,(H,39,42)/b20-19+,25-23+,33-31+. The van der Waals surface area contributed by atoms with E-state index in [-0.39, 0.29) is 12.5 Å². The third kappa shape index (κ3) is 30.1. The predicted octanol–water partition coefficient (Wildman–Crippen LogP) is 10.7. The zero-order chi connectivity index (χ0) is 30.8. The lowest BCUT2D eigenvalue weighted by Crippen LogP contribution is -2.45. The molecule has 1 amide bonds. The van der Waals surface area contributed by atoms with Crippen LogP contribution in [0.3, 0.4) is 0 Å². The maximum atomic E-state index is 12.3. The van der Waals surface area contributed by atoms with Crippen LogP contribution >= 0.6 is 0 Å². The van der Waals surface area contributed by atoms with Crippen LogP contribution in [0, 0.1) is 0 Å². The topological polar surface area (TPSA) is 69.6 Å².